The van der Waals surface area contributed by atoms with E-state index < -0.39 is 0 Å². The van der Waals surface area contributed by atoms with Gasteiger partial charge in [-0.05, 0) is 82.8 Å². The van der Waals surface area contributed by atoms with Crippen LogP contribution < -0.4 is 4.74 Å². The first-order valence-corrected chi connectivity index (χ1v) is 16.6. The highest BCUT2D eigenvalue weighted by Crippen LogP contribution is 2.48. The number of ether oxygens (including phenoxy) is 1. The second-order valence-corrected chi connectivity index (χ2v) is 12.7. The molecule has 0 aliphatic heterocycles. The molecule has 49 heavy (non-hydrogen) atoms. The van der Waals surface area contributed by atoms with Gasteiger partial charge in [-0.15, -0.1) is 0 Å². The van der Waals surface area contributed by atoms with Crippen LogP contribution in [0.4, 0.5) is 0 Å². The highest BCUT2D eigenvalue weighted by Gasteiger charge is 2.23. The van der Waals surface area contributed by atoms with Gasteiger partial charge in [0.05, 0.1) is 16.7 Å². The van der Waals surface area contributed by atoms with Crippen molar-refractivity contribution in [2.75, 3.05) is 0 Å². The molecule has 0 saturated heterocycles. The van der Waals surface area contributed by atoms with E-state index in [2.05, 4.69) is 139 Å². The predicted molar refractivity (Wildman–Crippen MR) is 200 cm³/mol. The number of nitrogens with zero attached hydrogens (tertiary/aromatic N) is 3. The van der Waals surface area contributed by atoms with Crippen LogP contribution in [0.2, 0.25) is 0 Å². The molecule has 0 radical (unpaired) electrons. The number of para-hydroxylation sites is 1. The Balaban J connectivity index is 1.10. The summed E-state index contributed by atoms with van der Waals surface area (Å²) in [5.41, 5.74) is 12.6. The summed E-state index contributed by atoms with van der Waals surface area (Å²) >= 11 is 0. The summed E-state index contributed by atoms with van der Waals surface area (Å²) in [7, 11) is 0. The van der Waals surface area contributed by atoms with E-state index in [4.69, 9.17) is 14.7 Å². The maximum Gasteiger partial charge on any atom is 0.137 e. The molecule has 0 amide bonds. The molecule has 0 atom stereocenters. The lowest BCUT2D eigenvalue weighted by atomic mass is 9.93. The van der Waals surface area contributed by atoms with Crippen molar-refractivity contribution < 1.29 is 4.74 Å². The molecule has 0 N–H and O–H groups in total. The lowest BCUT2D eigenvalue weighted by molar-refractivity contribution is 0.483. The quantitative estimate of drug-likeness (QED) is 0.195. The van der Waals surface area contributed by atoms with E-state index in [1.54, 1.807) is 0 Å². The average molecular weight is 628 g/mol. The maximum atomic E-state index is 6.60. The summed E-state index contributed by atoms with van der Waals surface area (Å²) in [5, 5.41) is 4.69. The average Bonchev–Trinajstić information content (AvgIpc) is 3.41. The Labute approximate surface area is 283 Å². The number of aryl methyl sites for hydroxylation is 1. The molecule has 0 fully saturated rings. The second-order valence-electron chi connectivity index (χ2n) is 12.7. The summed E-state index contributed by atoms with van der Waals surface area (Å²) in [4.78, 5) is 9.86. The molecule has 9 aromatic rings. The Bertz CT molecular complexity index is 2720. The van der Waals surface area contributed by atoms with Crippen molar-refractivity contribution in [1.29, 1.82) is 0 Å². The van der Waals surface area contributed by atoms with Crippen LogP contribution in [0.1, 0.15) is 5.56 Å². The monoisotopic (exact) mass is 627 g/mol. The molecule has 6 aromatic carbocycles. The van der Waals surface area contributed by atoms with E-state index in [0.29, 0.717) is 0 Å². The van der Waals surface area contributed by atoms with Gasteiger partial charge in [0.1, 0.15) is 17.3 Å². The smallest absolute Gasteiger partial charge is 0.137 e. The largest absolute Gasteiger partial charge is 0.457 e. The highest BCUT2D eigenvalue weighted by molar-refractivity contribution is 6.16. The summed E-state index contributed by atoms with van der Waals surface area (Å²) in [5.74, 6) is 2.40. The summed E-state index contributed by atoms with van der Waals surface area (Å²) in [6, 6.07) is 51.2. The molecule has 1 aliphatic rings. The molecule has 3 aromatic heterocycles. The summed E-state index contributed by atoms with van der Waals surface area (Å²) < 4.78 is 8.82. The molecule has 3 heterocycles. The number of hydrogen-bond donors (Lipinski definition) is 0. The fraction of sp³-hybridized carbons (Fsp3) is 0.0222. The van der Waals surface area contributed by atoms with Crippen LogP contribution in [0, 0.1) is 6.92 Å². The van der Waals surface area contributed by atoms with Crippen molar-refractivity contribution in [2.24, 2.45) is 0 Å². The number of hydrogen-bond acceptors (Lipinski definition) is 3. The Hall–Kier alpha value is -6.52. The Morgan fingerprint density at radius 3 is 1.96 bits per heavy atom. The molecular formula is C45H29N3O. The van der Waals surface area contributed by atoms with E-state index in [1.807, 2.05) is 30.6 Å². The van der Waals surface area contributed by atoms with Crippen molar-refractivity contribution >= 4 is 32.6 Å². The van der Waals surface area contributed by atoms with Gasteiger partial charge in [0.25, 0.3) is 0 Å². The van der Waals surface area contributed by atoms with E-state index in [0.717, 1.165) is 61.5 Å². The fourth-order valence-electron chi connectivity index (χ4n) is 7.61. The molecule has 4 heteroatoms. The van der Waals surface area contributed by atoms with Gasteiger partial charge in [-0.1, -0.05) is 97.1 Å². The van der Waals surface area contributed by atoms with Gasteiger partial charge in [0.15, 0.2) is 0 Å². The van der Waals surface area contributed by atoms with Crippen molar-refractivity contribution in [1.82, 2.24) is 14.5 Å². The molecular weight excluding hydrogens is 599 g/mol. The van der Waals surface area contributed by atoms with Gasteiger partial charge in [0, 0.05) is 51.1 Å². The third kappa shape index (κ3) is 4.31. The van der Waals surface area contributed by atoms with Crippen LogP contribution in [0.25, 0.3) is 83.0 Å². The standard InChI is InChI=1S/C45H29N3O/c1-28-22-23-46-43(24-28)48-41-19-7-6-16-36(41)37-21-20-31(26-42(37)48)49-30-11-8-10-29(25-30)45-39-18-9-17-38-34-14-4-2-12-32(34)33-13-3-5-15-35(33)40(27-47-45)44(38)39/h2-27H,1H3. The molecule has 1 aliphatic carbocycles. The van der Waals surface area contributed by atoms with Crippen LogP contribution in [0.15, 0.2) is 158 Å². The van der Waals surface area contributed by atoms with Gasteiger partial charge in [-0.25, -0.2) is 4.98 Å². The second kappa shape index (κ2) is 10.8. The van der Waals surface area contributed by atoms with Crippen LogP contribution in [-0.4, -0.2) is 14.5 Å². The number of rotatable bonds is 4. The minimum absolute atomic E-state index is 0.753. The molecule has 10 rings (SSSR count). The Morgan fingerprint density at radius 1 is 0.490 bits per heavy atom. The third-order valence-corrected chi connectivity index (χ3v) is 9.75. The summed E-state index contributed by atoms with van der Waals surface area (Å²) in [6.07, 6.45) is 3.91. The number of pyridine rings is 2. The molecule has 4 nitrogen and oxygen atoms in total. The van der Waals surface area contributed by atoms with Crippen molar-refractivity contribution in [3.63, 3.8) is 0 Å². The number of aromatic nitrogens is 3. The molecule has 0 unspecified atom stereocenters. The zero-order chi connectivity index (χ0) is 32.5. The van der Waals surface area contributed by atoms with Gasteiger partial charge in [0.2, 0.25) is 0 Å². The SMILES string of the molecule is Cc1ccnc(-n2c3ccccc3c3ccc(Oc4cccc(-c5ncc6c7c(cccc57)-c5ccccc5-c5ccccc5-6)c4)cc32)c1. The van der Waals surface area contributed by atoms with Crippen LogP contribution in [-0.2, 0) is 0 Å². The van der Waals surface area contributed by atoms with Gasteiger partial charge < -0.3 is 4.74 Å². The van der Waals surface area contributed by atoms with Gasteiger partial charge in [-0.3, -0.25) is 9.55 Å². The zero-order valence-corrected chi connectivity index (χ0v) is 26.8. The zero-order valence-electron chi connectivity index (χ0n) is 26.8. The van der Waals surface area contributed by atoms with E-state index >= 15 is 0 Å². The van der Waals surface area contributed by atoms with Crippen LogP contribution in [0.3, 0.4) is 0 Å². The lowest BCUT2D eigenvalue weighted by Gasteiger charge is -2.14. The van der Waals surface area contributed by atoms with Crippen molar-refractivity contribution in [2.45, 2.75) is 6.92 Å². The lowest BCUT2D eigenvalue weighted by Crippen LogP contribution is -1.97. The van der Waals surface area contributed by atoms with Gasteiger partial charge in [-0.2, -0.15) is 0 Å². The Morgan fingerprint density at radius 2 is 1.14 bits per heavy atom. The highest BCUT2D eigenvalue weighted by atomic mass is 16.5. The molecule has 230 valence electrons. The van der Waals surface area contributed by atoms with Gasteiger partial charge >= 0.3 is 0 Å². The Kier molecular flexibility index (Phi) is 6.06. The van der Waals surface area contributed by atoms with E-state index in [9.17, 15) is 0 Å². The number of fused-ring (bicyclic) bond motifs is 8. The number of benzene rings is 6. The maximum absolute atomic E-state index is 6.60. The molecule has 0 bridgehead atoms. The first-order chi connectivity index (χ1) is 24.2. The normalized spacial score (nSPS) is 11.8. The topological polar surface area (TPSA) is 39.9 Å². The van der Waals surface area contributed by atoms with E-state index in [1.165, 1.54) is 38.6 Å². The molecule has 0 saturated carbocycles. The minimum Gasteiger partial charge on any atom is -0.457 e. The summed E-state index contributed by atoms with van der Waals surface area (Å²) in [6.45, 7) is 2.10. The third-order valence-electron chi connectivity index (χ3n) is 9.75. The predicted octanol–water partition coefficient (Wildman–Crippen LogP) is 11.8. The van der Waals surface area contributed by atoms with E-state index in [-0.39, 0.29) is 0 Å². The van der Waals surface area contributed by atoms with Crippen LogP contribution in [0.5, 0.6) is 11.5 Å². The minimum atomic E-state index is 0.753. The fourth-order valence-corrected chi connectivity index (χ4v) is 7.61. The first kappa shape index (κ1) is 27.6. The van der Waals surface area contributed by atoms with Crippen molar-refractivity contribution in [3.05, 3.63) is 164 Å². The first-order valence-electron chi connectivity index (χ1n) is 16.6. The van der Waals surface area contributed by atoms with Crippen LogP contribution >= 0.6 is 0 Å². The van der Waals surface area contributed by atoms with Crippen molar-refractivity contribution in [3.8, 4) is 62.0 Å². The molecule has 0 spiro atoms.